The summed E-state index contributed by atoms with van der Waals surface area (Å²) in [6.07, 6.45) is 2.42. The van der Waals surface area contributed by atoms with Crippen LogP contribution in [0.4, 0.5) is 5.82 Å². The van der Waals surface area contributed by atoms with Crippen molar-refractivity contribution in [1.29, 1.82) is 0 Å². The Morgan fingerprint density at radius 3 is 2.18 bits per heavy atom. The van der Waals surface area contributed by atoms with Gasteiger partial charge in [-0.05, 0) is 23.8 Å². The van der Waals surface area contributed by atoms with Gasteiger partial charge in [-0.15, -0.1) is 10.2 Å². The third-order valence-electron chi connectivity index (χ3n) is 2.51. The third kappa shape index (κ3) is 4.64. The molecule has 0 aliphatic heterocycles. The van der Waals surface area contributed by atoms with E-state index in [1.165, 1.54) is 18.2 Å². The molecule has 0 bridgehead atoms. The maximum absolute atomic E-state index is 11.9. The number of sulfonamides is 1. The first-order chi connectivity index (χ1) is 10.3. The zero-order chi connectivity index (χ0) is 16.2. The quantitative estimate of drug-likeness (QED) is 0.880. The summed E-state index contributed by atoms with van der Waals surface area (Å²) in [7, 11) is -7.24. The molecule has 0 amide bonds. The number of nitrogens with zero attached hydrogens (tertiary/aromatic N) is 2. The van der Waals surface area contributed by atoms with Crippen LogP contribution in [0, 0.1) is 0 Å². The van der Waals surface area contributed by atoms with Gasteiger partial charge in [-0.1, -0.05) is 30.3 Å². The molecule has 0 spiro atoms. The first-order valence-corrected chi connectivity index (χ1v) is 9.50. The van der Waals surface area contributed by atoms with Crippen molar-refractivity contribution in [3.05, 3.63) is 53.4 Å². The largest absolute Gasteiger partial charge is 0.262 e. The highest BCUT2D eigenvalue weighted by atomic mass is 32.2. The van der Waals surface area contributed by atoms with Crippen LogP contribution >= 0.6 is 0 Å². The van der Waals surface area contributed by atoms with Gasteiger partial charge in [-0.2, -0.15) is 0 Å². The lowest BCUT2D eigenvalue weighted by Gasteiger charge is -2.03. The molecule has 0 saturated heterocycles. The Bertz CT molecular complexity index is 875. The van der Waals surface area contributed by atoms with Crippen LogP contribution in [0.1, 0.15) is 5.56 Å². The Hall–Kier alpha value is -2.26. The van der Waals surface area contributed by atoms with Gasteiger partial charge in [0.25, 0.3) is 10.0 Å². The van der Waals surface area contributed by atoms with Crippen LogP contribution < -0.4 is 4.72 Å². The van der Waals surface area contributed by atoms with E-state index in [0.29, 0.717) is 0 Å². The number of hydrogen-bond acceptors (Lipinski definition) is 6. The normalized spacial score (nSPS) is 12.4. The minimum Gasteiger partial charge on any atom is -0.262 e. The molecule has 22 heavy (non-hydrogen) atoms. The van der Waals surface area contributed by atoms with Crippen LogP contribution in [0.15, 0.2) is 52.9 Å². The zero-order valence-electron chi connectivity index (χ0n) is 11.5. The van der Waals surface area contributed by atoms with Crippen LogP contribution in [-0.2, 0) is 19.9 Å². The third-order valence-corrected chi connectivity index (χ3v) is 4.47. The summed E-state index contributed by atoms with van der Waals surface area (Å²) in [4.78, 5) is 0. The van der Waals surface area contributed by atoms with E-state index in [1.807, 2.05) is 6.07 Å². The smallest absolute Gasteiger partial charge is 0.256 e. The molecule has 0 atom stereocenters. The fourth-order valence-corrected chi connectivity index (χ4v) is 2.79. The van der Waals surface area contributed by atoms with Crippen molar-refractivity contribution in [2.75, 3.05) is 11.0 Å². The fraction of sp³-hybridized carbons (Fsp3) is 0.0769. The minimum absolute atomic E-state index is 0.0647. The monoisotopic (exact) mass is 339 g/mol. The molecule has 7 nitrogen and oxygen atoms in total. The summed E-state index contributed by atoms with van der Waals surface area (Å²) in [5.41, 5.74) is 0.728. The Balaban J connectivity index is 2.14. The second-order valence-corrected chi connectivity index (χ2v) is 7.92. The second-order valence-electron chi connectivity index (χ2n) is 4.39. The molecule has 2 aromatic rings. The van der Waals surface area contributed by atoms with Crippen LogP contribution in [0.25, 0.3) is 6.08 Å². The Labute approximate surface area is 128 Å². The molecule has 0 unspecified atom stereocenters. The molecule has 0 saturated carbocycles. The number of hydrogen-bond donors (Lipinski definition) is 1. The average Bonchev–Trinajstić information content (AvgIpc) is 2.46. The van der Waals surface area contributed by atoms with E-state index in [1.54, 1.807) is 24.3 Å². The first-order valence-electron chi connectivity index (χ1n) is 6.06. The van der Waals surface area contributed by atoms with Crippen molar-refractivity contribution in [2.24, 2.45) is 0 Å². The molecule has 116 valence electrons. The highest BCUT2D eigenvalue weighted by Crippen LogP contribution is 2.10. The zero-order valence-corrected chi connectivity index (χ0v) is 13.2. The molecule has 0 aliphatic carbocycles. The van der Waals surface area contributed by atoms with E-state index in [2.05, 4.69) is 14.9 Å². The summed E-state index contributed by atoms with van der Waals surface area (Å²) in [6, 6.07) is 11.3. The Morgan fingerprint density at radius 2 is 1.64 bits per heavy atom. The van der Waals surface area contributed by atoms with Crippen LogP contribution in [0.3, 0.4) is 0 Å². The summed E-state index contributed by atoms with van der Waals surface area (Å²) in [5, 5.41) is 7.76. The van der Waals surface area contributed by atoms with Gasteiger partial charge in [-0.25, -0.2) is 16.8 Å². The van der Waals surface area contributed by atoms with Crippen molar-refractivity contribution in [3.8, 4) is 0 Å². The SMILES string of the molecule is CS(=O)(=O)c1ccc(NS(=O)(=O)/C=C/c2ccccc2)nn1. The van der Waals surface area contributed by atoms with Crippen LogP contribution in [-0.4, -0.2) is 33.3 Å². The summed E-state index contributed by atoms with van der Waals surface area (Å²) >= 11 is 0. The minimum atomic E-state index is -3.76. The highest BCUT2D eigenvalue weighted by molar-refractivity contribution is 7.95. The highest BCUT2D eigenvalue weighted by Gasteiger charge is 2.11. The van der Waals surface area contributed by atoms with Crippen molar-refractivity contribution >= 4 is 31.8 Å². The number of aromatic nitrogens is 2. The van der Waals surface area contributed by atoms with E-state index in [0.717, 1.165) is 17.2 Å². The van der Waals surface area contributed by atoms with Gasteiger partial charge < -0.3 is 0 Å². The fourth-order valence-electron chi connectivity index (χ4n) is 1.48. The average molecular weight is 339 g/mol. The number of rotatable bonds is 5. The molecule has 1 aromatic carbocycles. The molecular weight excluding hydrogens is 326 g/mol. The summed E-state index contributed by atoms with van der Waals surface area (Å²) in [5.74, 6) is -0.0647. The van der Waals surface area contributed by atoms with Crippen molar-refractivity contribution in [3.63, 3.8) is 0 Å². The number of nitrogens with one attached hydrogen (secondary N) is 1. The molecular formula is C13H13N3O4S2. The van der Waals surface area contributed by atoms with Gasteiger partial charge in [0.2, 0.25) is 0 Å². The van der Waals surface area contributed by atoms with Gasteiger partial charge in [0.05, 0.1) is 5.41 Å². The Morgan fingerprint density at radius 1 is 0.955 bits per heavy atom. The molecule has 9 heteroatoms. The lowest BCUT2D eigenvalue weighted by molar-refractivity contribution is 0.596. The number of sulfone groups is 1. The predicted octanol–water partition coefficient (Wildman–Crippen LogP) is 1.29. The maximum Gasteiger partial charge on any atom is 0.256 e. The second kappa shape index (κ2) is 6.24. The molecule has 0 aliphatic rings. The summed E-state index contributed by atoms with van der Waals surface area (Å²) in [6.45, 7) is 0. The van der Waals surface area contributed by atoms with Crippen LogP contribution in [0.5, 0.6) is 0 Å². The molecule has 1 N–H and O–H groups in total. The lowest BCUT2D eigenvalue weighted by Crippen LogP contribution is -2.11. The standard InChI is InChI=1S/C13H13N3O4S2/c1-21(17,18)13-8-7-12(14-15-13)16-22(19,20)10-9-11-5-3-2-4-6-11/h2-10H,1H3,(H,14,16)/b10-9+. The maximum atomic E-state index is 11.9. The molecule has 2 rings (SSSR count). The van der Waals surface area contributed by atoms with Gasteiger partial charge >= 0.3 is 0 Å². The number of benzene rings is 1. The van der Waals surface area contributed by atoms with Crippen molar-refractivity contribution in [1.82, 2.24) is 10.2 Å². The van der Waals surface area contributed by atoms with Crippen molar-refractivity contribution in [2.45, 2.75) is 5.03 Å². The lowest BCUT2D eigenvalue weighted by atomic mass is 10.2. The molecule has 1 aromatic heterocycles. The Kier molecular flexibility index (Phi) is 4.57. The van der Waals surface area contributed by atoms with Gasteiger partial charge in [0, 0.05) is 6.26 Å². The van der Waals surface area contributed by atoms with Crippen molar-refractivity contribution < 1.29 is 16.8 Å². The van der Waals surface area contributed by atoms with Gasteiger partial charge in [0.1, 0.15) is 0 Å². The van der Waals surface area contributed by atoms with E-state index < -0.39 is 19.9 Å². The molecule has 0 fully saturated rings. The first kappa shape index (κ1) is 16.1. The van der Waals surface area contributed by atoms with E-state index in [4.69, 9.17) is 0 Å². The predicted molar refractivity (Wildman–Crippen MR) is 83.2 cm³/mol. The number of anilines is 1. The summed E-state index contributed by atoms with van der Waals surface area (Å²) < 4.78 is 48.4. The van der Waals surface area contributed by atoms with E-state index in [-0.39, 0.29) is 10.8 Å². The topological polar surface area (TPSA) is 106 Å². The van der Waals surface area contributed by atoms with E-state index >= 15 is 0 Å². The molecule has 1 heterocycles. The van der Waals surface area contributed by atoms with Gasteiger partial charge in [0.15, 0.2) is 20.7 Å². The van der Waals surface area contributed by atoms with Crippen LogP contribution in [0.2, 0.25) is 0 Å². The van der Waals surface area contributed by atoms with E-state index in [9.17, 15) is 16.8 Å². The molecule has 0 radical (unpaired) electrons. The van der Waals surface area contributed by atoms with Gasteiger partial charge in [-0.3, -0.25) is 4.72 Å².